The van der Waals surface area contributed by atoms with Crippen molar-refractivity contribution >= 4 is 17.7 Å². The van der Waals surface area contributed by atoms with Gasteiger partial charge < -0.3 is 5.32 Å². The van der Waals surface area contributed by atoms with Crippen LogP contribution in [-0.4, -0.2) is 32.1 Å². The zero-order valence-electron chi connectivity index (χ0n) is 13.2. The summed E-state index contributed by atoms with van der Waals surface area (Å²) in [4.78, 5) is 18.5. The number of thioether (sulfide) groups is 1. The van der Waals surface area contributed by atoms with Crippen LogP contribution in [0.5, 0.6) is 0 Å². The molecule has 1 aromatic carbocycles. The summed E-state index contributed by atoms with van der Waals surface area (Å²) in [6.45, 7) is 0.456. The number of hydrogen-bond donors (Lipinski definition) is 1. The molecule has 0 radical (unpaired) electrons. The molecule has 0 unspecified atom stereocenters. The van der Waals surface area contributed by atoms with Crippen LogP contribution < -0.4 is 5.32 Å². The number of hydrogen-bond acceptors (Lipinski definition) is 5. The lowest BCUT2D eigenvalue weighted by Gasteiger charge is -2.19. The molecule has 2 aromatic heterocycles. The van der Waals surface area contributed by atoms with E-state index in [0.29, 0.717) is 17.1 Å². The minimum atomic E-state index is -0.235. The van der Waals surface area contributed by atoms with E-state index < -0.39 is 0 Å². The van der Waals surface area contributed by atoms with Gasteiger partial charge in [0.1, 0.15) is 5.03 Å². The molecule has 7 heteroatoms. The summed E-state index contributed by atoms with van der Waals surface area (Å²) in [5.74, 6) is -0.159. The second kappa shape index (κ2) is 7.74. The van der Waals surface area contributed by atoms with Crippen molar-refractivity contribution < 1.29 is 4.79 Å². The highest BCUT2D eigenvalue weighted by molar-refractivity contribution is 7.98. The SMILES string of the molecule is CSc1ncccc1C(=O)N[C@H](Cn1nccn1)c1ccccc1. The lowest BCUT2D eigenvalue weighted by Crippen LogP contribution is -2.32. The molecule has 24 heavy (non-hydrogen) atoms. The van der Waals surface area contributed by atoms with Gasteiger partial charge in [0.25, 0.3) is 5.91 Å². The van der Waals surface area contributed by atoms with Gasteiger partial charge in [0.15, 0.2) is 0 Å². The van der Waals surface area contributed by atoms with Crippen molar-refractivity contribution in [3.8, 4) is 0 Å². The molecular weight excluding hydrogens is 322 g/mol. The standard InChI is InChI=1S/C17H17N5OS/c1-24-17-14(8-5-9-18-17)16(23)21-15(12-22-19-10-11-20-22)13-6-3-2-4-7-13/h2-11,15H,12H2,1H3,(H,21,23)/t15-/m1/s1. The van der Waals surface area contributed by atoms with E-state index in [1.54, 1.807) is 35.5 Å². The average molecular weight is 339 g/mol. The van der Waals surface area contributed by atoms with E-state index in [1.807, 2.05) is 36.6 Å². The maximum absolute atomic E-state index is 12.7. The largest absolute Gasteiger partial charge is 0.343 e. The van der Waals surface area contributed by atoms with E-state index in [9.17, 15) is 4.79 Å². The smallest absolute Gasteiger partial charge is 0.254 e. The first-order valence-electron chi connectivity index (χ1n) is 7.47. The summed E-state index contributed by atoms with van der Waals surface area (Å²) >= 11 is 1.45. The van der Waals surface area contributed by atoms with Gasteiger partial charge in [0, 0.05) is 6.20 Å². The number of carbonyl (C=O) groups is 1. The van der Waals surface area contributed by atoms with Crippen molar-refractivity contribution in [2.45, 2.75) is 17.6 Å². The summed E-state index contributed by atoms with van der Waals surface area (Å²) in [6.07, 6.45) is 6.83. The van der Waals surface area contributed by atoms with E-state index in [2.05, 4.69) is 20.5 Å². The van der Waals surface area contributed by atoms with Gasteiger partial charge in [-0.25, -0.2) is 4.98 Å². The number of amides is 1. The Labute approximate surface area is 144 Å². The minimum absolute atomic E-state index is 0.159. The molecule has 1 N–H and O–H groups in total. The van der Waals surface area contributed by atoms with Gasteiger partial charge in [-0.2, -0.15) is 15.0 Å². The maximum Gasteiger partial charge on any atom is 0.254 e. The first kappa shape index (κ1) is 16.2. The van der Waals surface area contributed by atoms with Crippen molar-refractivity contribution in [2.24, 2.45) is 0 Å². The molecule has 1 atom stereocenters. The van der Waals surface area contributed by atoms with E-state index >= 15 is 0 Å². The monoisotopic (exact) mass is 339 g/mol. The predicted octanol–water partition coefficient (Wildman–Crippen LogP) is 2.57. The lowest BCUT2D eigenvalue weighted by molar-refractivity contribution is 0.0927. The van der Waals surface area contributed by atoms with Gasteiger partial charge in [-0.3, -0.25) is 4.79 Å². The highest BCUT2D eigenvalue weighted by Crippen LogP contribution is 2.19. The third-order valence-corrected chi connectivity index (χ3v) is 4.24. The highest BCUT2D eigenvalue weighted by atomic mass is 32.2. The normalized spacial score (nSPS) is 11.9. The number of carbonyl (C=O) groups excluding carboxylic acids is 1. The van der Waals surface area contributed by atoms with Crippen LogP contribution in [0.2, 0.25) is 0 Å². The molecule has 0 saturated heterocycles. The molecule has 0 saturated carbocycles. The van der Waals surface area contributed by atoms with Crippen molar-refractivity contribution in [2.75, 3.05) is 6.26 Å². The van der Waals surface area contributed by atoms with Gasteiger partial charge in [-0.15, -0.1) is 11.8 Å². The van der Waals surface area contributed by atoms with Crippen LogP contribution >= 0.6 is 11.8 Å². The zero-order chi connectivity index (χ0) is 16.8. The zero-order valence-corrected chi connectivity index (χ0v) is 14.0. The van der Waals surface area contributed by atoms with E-state index in [-0.39, 0.29) is 11.9 Å². The molecule has 3 rings (SSSR count). The Kier molecular flexibility index (Phi) is 5.22. The predicted molar refractivity (Wildman–Crippen MR) is 92.7 cm³/mol. The molecule has 0 fully saturated rings. The van der Waals surface area contributed by atoms with Crippen molar-refractivity contribution in [3.05, 3.63) is 72.2 Å². The molecule has 0 aliphatic rings. The highest BCUT2D eigenvalue weighted by Gasteiger charge is 2.19. The number of nitrogens with zero attached hydrogens (tertiary/aromatic N) is 4. The van der Waals surface area contributed by atoms with Gasteiger partial charge in [-0.05, 0) is 24.0 Å². The fourth-order valence-corrected chi connectivity index (χ4v) is 2.93. The fourth-order valence-electron chi connectivity index (χ4n) is 2.38. The molecular formula is C17H17N5OS. The number of rotatable bonds is 6. The van der Waals surface area contributed by atoms with E-state index in [1.165, 1.54) is 11.8 Å². The van der Waals surface area contributed by atoms with Crippen molar-refractivity contribution in [3.63, 3.8) is 0 Å². The summed E-state index contributed by atoms with van der Waals surface area (Å²) in [5, 5.41) is 12.0. The maximum atomic E-state index is 12.7. The summed E-state index contributed by atoms with van der Waals surface area (Å²) < 4.78 is 0. The Morgan fingerprint density at radius 2 is 1.88 bits per heavy atom. The van der Waals surface area contributed by atoms with Crippen LogP contribution in [0.3, 0.4) is 0 Å². The molecule has 3 aromatic rings. The molecule has 0 aliphatic carbocycles. The third-order valence-electron chi connectivity index (χ3n) is 3.53. The lowest BCUT2D eigenvalue weighted by atomic mass is 10.1. The second-order valence-electron chi connectivity index (χ2n) is 5.08. The summed E-state index contributed by atoms with van der Waals surface area (Å²) in [5.41, 5.74) is 1.57. The molecule has 122 valence electrons. The third kappa shape index (κ3) is 3.80. The Bertz CT molecular complexity index is 792. The first-order chi connectivity index (χ1) is 11.8. The molecule has 2 heterocycles. The number of benzene rings is 1. The average Bonchev–Trinajstić information content (AvgIpc) is 3.15. The van der Waals surface area contributed by atoms with Gasteiger partial charge in [-0.1, -0.05) is 30.3 Å². The fraction of sp³-hybridized carbons (Fsp3) is 0.176. The van der Waals surface area contributed by atoms with Crippen molar-refractivity contribution in [1.82, 2.24) is 25.3 Å². The molecule has 0 spiro atoms. The molecule has 0 aliphatic heterocycles. The topological polar surface area (TPSA) is 72.7 Å². The summed E-state index contributed by atoms with van der Waals surface area (Å²) in [7, 11) is 0. The van der Waals surface area contributed by atoms with Crippen LogP contribution in [-0.2, 0) is 6.54 Å². The number of aromatic nitrogens is 4. The molecule has 0 bridgehead atoms. The minimum Gasteiger partial charge on any atom is -0.343 e. The van der Waals surface area contributed by atoms with Crippen LogP contribution in [0.25, 0.3) is 0 Å². The number of pyridine rings is 1. The van der Waals surface area contributed by atoms with Crippen molar-refractivity contribution in [1.29, 1.82) is 0 Å². The van der Waals surface area contributed by atoms with Crippen LogP contribution in [0.15, 0.2) is 66.1 Å². The van der Waals surface area contributed by atoms with Crippen LogP contribution in [0.4, 0.5) is 0 Å². The first-order valence-corrected chi connectivity index (χ1v) is 8.69. The second-order valence-corrected chi connectivity index (χ2v) is 5.88. The summed E-state index contributed by atoms with van der Waals surface area (Å²) in [6, 6.07) is 13.1. The Morgan fingerprint density at radius 1 is 1.12 bits per heavy atom. The van der Waals surface area contributed by atoms with Crippen LogP contribution in [0.1, 0.15) is 22.0 Å². The van der Waals surface area contributed by atoms with Gasteiger partial charge >= 0.3 is 0 Å². The Hall–Kier alpha value is -2.67. The molecule has 6 nitrogen and oxygen atoms in total. The Balaban J connectivity index is 1.84. The number of nitrogens with one attached hydrogen (secondary N) is 1. The van der Waals surface area contributed by atoms with E-state index in [4.69, 9.17) is 0 Å². The van der Waals surface area contributed by atoms with Gasteiger partial charge in [0.05, 0.1) is 30.5 Å². The van der Waals surface area contributed by atoms with Gasteiger partial charge in [0.2, 0.25) is 0 Å². The quantitative estimate of drug-likeness (QED) is 0.699. The van der Waals surface area contributed by atoms with Crippen LogP contribution in [0, 0.1) is 0 Å². The van der Waals surface area contributed by atoms with E-state index in [0.717, 1.165) is 5.56 Å². The molecule has 1 amide bonds. The Morgan fingerprint density at radius 3 is 2.58 bits per heavy atom.